The summed E-state index contributed by atoms with van der Waals surface area (Å²) >= 11 is 6.78. The molecule has 2 aromatic carbocycles. The number of thiazole rings is 1. The van der Waals surface area contributed by atoms with Crippen LogP contribution >= 0.6 is 22.9 Å². The predicted molar refractivity (Wildman–Crippen MR) is 113 cm³/mol. The third-order valence-corrected chi connectivity index (χ3v) is 6.64. The van der Waals surface area contributed by atoms with Crippen molar-refractivity contribution in [3.63, 3.8) is 0 Å². The molecule has 0 radical (unpaired) electrons. The smallest absolute Gasteiger partial charge is 0.267 e. The van der Waals surface area contributed by atoms with Crippen molar-refractivity contribution in [1.29, 1.82) is 0 Å². The molecule has 3 rings (SSSR count). The van der Waals surface area contributed by atoms with E-state index in [1.807, 2.05) is 32.0 Å². The van der Waals surface area contributed by atoms with E-state index in [9.17, 15) is 13.2 Å². The van der Waals surface area contributed by atoms with Crippen LogP contribution in [0.3, 0.4) is 0 Å². The van der Waals surface area contributed by atoms with Crippen molar-refractivity contribution in [1.82, 2.24) is 4.98 Å². The van der Waals surface area contributed by atoms with Gasteiger partial charge in [-0.1, -0.05) is 29.0 Å². The molecule has 0 atom stereocenters. The van der Waals surface area contributed by atoms with Crippen molar-refractivity contribution in [2.75, 3.05) is 10.0 Å². The molecular weight excluding hydrogens is 418 g/mol. The Hall–Kier alpha value is -2.42. The van der Waals surface area contributed by atoms with Crippen molar-refractivity contribution in [2.45, 2.75) is 25.7 Å². The molecule has 0 saturated carbocycles. The van der Waals surface area contributed by atoms with Gasteiger partial charge in [0.1, 0.15) is 4.88 Å². The number of carbonyl (C=O) groups excluding carboxylic acids is 1. The zero-order valence-corrected chi connectivity index (χ0v) is 17.8. The lowest BCUT2D eigenvalue weighted by molar-refractivity contribution is 0.103. The van der Waals surface area contributed by atoms with E-state index in [1.54, 1.807) is 6.92 Å². The molecule has 146 valence electrons. The average Bonchev–Trinajstić information content (AvgIpc) is 2.94. The van der Waals surface area contributed by atoms with Crippen molar-refractivity contribution >= 4 is 49.7 Å². The van der Waals surface area contributed by atoms with E-state index < -0.39 is 10.0 Å². The highest BCUT2D eigenvalue weighted by atomic mass is 35.5. The van der Waals surface area contributed by atoms with Gasteiger partial charge in [0.25, 0.3) is 15.9 Å². The van der Waals surface area contributed by atoms with Gasteiger partial charge in [-0.25, -0.2) is 13.4 Å². The van der Waals surface area contributed by atoms with Gasteiger partial charge in [0, 0.05) is 10.7 Å². The summed E-state index contributed by atoms with van der Waals surface area (Å²) in [6.45, 7) is 5.56. The molecule has 0 aliphatic rings. The minimum atomic E-state index is -3.82. The molecule has 0 bridgehead atoms. The summed E-state index contributed by atoms with van der Waals surface area (Å²) in [7, 11) is -3.82. The number of nitrogens with zero attached hydrogens (tertiary/aromatic N) is 1. The molecule has 0 spiro atoms. The molecular formula is C19H18ClN3O3S2. The van der Waals surface area contributed by atoms with E-state index in [0.717, 1.165) is 22.5 Å². The second kappa shape index (κ2) is 7.90. The second-order valence-electron chi connectivity index (χ2n) is 6.32. The second-order valence-corrected chi connectivity index (χ2v) is 9.44. The topological polar surface area (TPSA) is 88.2 Å². The van der Waals surface area contributed by atoms with Crippen LogP contribution in [0, 0.1) is 20.8 Å². The number of amides is 1. The van der Waals surface area contributed by atoms with Gasteiger partial charge in [-0.05, 0) is 68.3 Å². The van der Waals surface area contributed by atoms with Gasteiger partial charge >= 0.3 is 0 Å². The summed E-state index contributed by atoms with van der Waals surface area (Å²) in [5.41, 5.74) is 3.19. The molecule has 0 fully saturated rings. The number of carbonyl (C=O) groups is 1. The summed E-state index contributed by atoms with van der Waals surface area (Å²) in [5, 5.41) is 3.40. The first-order valence-corrected chi connectivity index (χ1v) is 11.0. The van der Waals surface area contributed by atoms with Crippen molar-refractivity contribution in [3.05, 3.63) is 69.2 Å². The first kappa shape index (κ1) is 20.3. The van der Waals surface area contributed by atoms with Crippen LogP contribution in [0.4, 0.5) is 10.8 Å². The van der Waals surface area contributed by atoms with Crippen LogP contribution in [0.2, 0.25) is 5.02 Å². The summed E-state index contributed by atoms with van der Waals surface area (Å²) in [5.74, 6) is -0.336. The fourth-order valence-corrected chi connectivity index (χ4v) is 4.90. The third kappa shape index (κ3) is 4.70. The highest BCUT2D eigenvalue weighted by Crippen LogP contribution is 2.26. The molecule has 0 unspecified atom stereocenters. The Morgan fingerprint density at radius 3 is 2.25 bits per heavy atom. The lowest BCUT2D eigenvalue weighted by Crippen LogP contribution is -2.12. The Bertz CT molecular complexity index is 1120. The summed E-state index contributed by atoms with van der Waals surface area (Å²) in [6.07, 6.45) is 0. The van der Waals surface area contributed by atoms with Crippen LogP contribution in [-0.4, -0.2) is 19.3 Å². The Kier molecular flexibility index (Phi) is 5.74. The van der Waals surface area contributed by atoms with Gasteiger partial charge in [0.2, 0.25) is 0 Å². The molecule has 1 amide bonds. The number of aryl methyl sites for hydroxylation is 3. The van der Waals surface area contributed by atoms with Crippen molar-refractivity contribution < 1.29 is 13.2 Å². The van der Waals surface area contributed by atoms with Crippen molar-refractivity contribution in [3.8, 4) is 0 Å². The molecule has 6 nitrogen and oxygen atoms in total. The fraction of sp³-hybridized carbons (Fsp3) is 0.158. The van der Waals surface area contributed by atoms with Crippen LogP contribution in [0.25, 0.3) is 0 Å². The van der Waals surface area contributed by atoms with Gasteiger partial charge < -0.3 is 5.32 Å². The van der Waals surface area contributed by atoms with Gasteiger partial charge in [0.05, 0.1) is 10.6 Å². The van der Waals surface area contributed by atoms with Crippen LogP contribution in [0.1, 0.15) is 26.5 Å². The molecule has 0 aliphatic heterocycles. The maximum atomic E-state index is 12.6. The normalized spacial score (nSPS) is 11.3. The van der Waals surface area contributed by atoms with E-state index in [0.29, 0.717) is 21.3 Å². The first-order chi connectivity index (χ1) is 13.1. The largest absolute Gasteiger partial charge is 0.321 e. The Morgan fingerprint density at radius 1 is 1.04 bits per heavy atom. The van der Waals surface area contributed by atoms with E-state index in [1.165, 1.54) is 24.3 Å². The highest BCUT2D eigenvalue weighted by molar-refractivity contribution is 7.93. The van der Waals surface area contributed by atoms with E-state index in [2.05, 4.69) is 15.0 Å². The molecule has 28 heavy (non-hydrogen) atoms. The summed E-state index contributed by atoms with van der Waals surface area (Å²) in [6, 6.07) is 11.5. The van der Waals surface area contributed by atoms with E-state index in [-0.39, 0.29) is 15.9 Å². The molecule has 1 aromatic heterocycles. The number of hydrogen-bond acceptors (Lipinski definition) is 5. The number of benzene rings is 2. The maximum absolute atomic E-state index is 12.6. The quantitative estimate of drug-likeness (QED) is 0.603. The van der Waals surface area contributed by atoms with Crippen LogP contribution in [0.5, 0.6) is 0 Å². The average molecular weight is 436 g/mol. The zero-order chi connectivity index (χ0) is 20.5. The minimum absolute atomic E-state index is 0.0611. The van der Waals surface area contributed by atoms with Gasteiger partial charge in [0.15, 0.2) is 5.13 Å². The van der Waals surface area contributed by atoms with Crippen LogP contribution < -0.4 is 10.0 Å². The predicted octanol–water partition coefficient (Wildman–Crippen LogP) is 4.77. The lowest BCUT2D eigenvalue weighted by atomic mass is 10.1. The SMILES string of the molecule is Cc1cc(C)cc(NC(=O)c2sc(NS(=O)(=O)c3ccc(Cl)cc3)nc2C)c1. The van der Waals surface area contributed by atoms with Gasteiger partial charge in [-0.2, -0.15) is 0 Å². The molecule has 3 aromatic rings. The van der Waals surface area contributed by atoms with E-state index in [4.69, 9.17) is 11.6 Å². The minimum Gasteiger partial charge on any atom is -0.321 e. The number of hydrogen-bond donors (Lipinski definition) is 2. The molecule has 9 heteroatoms. The number of anilines is 2. The van der Waals surface area contributed by atoms with Gasteiger partial charge in [-0.3, -0.25) is 9.52 Å². The molecule has 2 N–H and O–H groups in total. The standard InChI is InChI=1S/C19H18ClN3O3S2/c1-11-8-12(2)10-15(9-11)22-18(24)17-13(3)21-19(27-17)23-28(25,26)16-6-4-14(20)5-7-16/h4-10H,1-3H3,(H,21,23)(H,22,24). The fourth-order valence-electron chi connectivity index (χ4n) is 2.67. The number of sulfonamides is 1. The first-order valence-electron chi connectivity index (χ1n) is 8.29. The molecule has 1 heterocycles. The summed E-state index contributed by atoms with van der Waals surface area (Å²) < 4.78 is 27.4. The van der Waals surface area contributed by atoms with Crippen LogP contribution in [-0.2, 0) is 10.0 Å². The molecule has 0 aliphatic carbocycles. The van der Waals surface area contributed by atoms with Crippen molar-refractivity contribution in [2.24, 2.45) is 0 Å². The Morgan fingerprint density at radius 2 is 1.64 bits per heavy atom. The van der Waals surface area contributed by atoms with Crippen LogP contribution in [0.15, 0.2) is 47.4 Å². The monoisotopic (exact) mass is 435 g/mol. The molecule has 0 saturated heterocycles. The number of nitrogens with one attached hydrogen (secondary N) is 2. The number of aromatic nitrogens is 1. The lowest BCUT2D eigenvalue weighted by Gasteiger charge is -2.06. The number of rotatable bonds is 5. The maximum Gasteiger partial charge on any atom is 0.267 e. The Labute approximate surface area is 172 Å². The third-order valence-electron chi connectivity index (χ3n) is 3.83. The Balaban J connectivity index is 1.80. The highest BCUT2D eigenvalue weighted by Gasteiger charge is 2.20. The summed E-state index contributed by atoms with van der Waals surface area (Å²) in [4.78, 5) is 17.2. The zero-order valence-electron chi connectivity index (χ0n) is 15.4. The van der Waals surface area contributed by atoms with E-state index >= 15 is 0 Å². The number of halogens is 1. The van der Waals surface area contributed by atoms with Gasteiger partial charge in [-0.15, -0.1) is 0 Å².